The summed E-state index contributed by atoms with van der Waals surface area (Å²) < 4.78 is 38.9. The Morgan fingerprint density at radius 2 is 1.94 bits per heavy atom. The van der Waals surface area contributed by atoms with Crippen LogP contribution in [0, 0.1) is 12.8 Å². The van der Waals surface area contributed by atoms with Crippen LogP contribution in [0.3, 0.4) is 0 Å². The highest BCUT2D eigenvalue weighted by atomic mass is 19.4. The number of aryl methyl sites for hydroxylation is 1. The minimum absolute atomic E-state index is 0.00270. The number of nitrogens with one attached hydrogen (secondary N) is 1. The van der Waals surface area contributed by atoms with Crippen LogP contribution < -0.4 is 5.32 Å². The predicted molar refractivity (Wildman–Crippen MR) is 114 cm³/mol. The van der Waals surface area contributed by atoms with Crippen LogP contribution in [0.15, 0.2) is 54.8 Å². The molecule has 11 heteroatoms. The van der Waals surface area contributed by atoms with Gasteiger partial charge >= 0.3 is 6.18 Å². The van der Waals surface area contributed by atoms with E-state index in [4.69, 9.17) is 0 Å². The first-order valence-electron chi connectivity index (χ1n) is 10.4. The first-order valence-corrected chi connectivity index (χ1v) is 10.4. The maximum atomic E-state index is 13.6. The maximum absolute atomic E-state index is 13.6. The molecule has 3 aromatic rings. The average molecular weight is 457 g/mol. The fourth-order valence-corrected chi connectivity index (χ4v) is 3.74. The minimum atomic E-state index is -4.57. The molecule has 1 amide bonds. The molecule has 3 heterocycles. The molecule has 1 aliphatic rings. The zero-order chi connectivity index (χ0) is 23.6. The second kappa shape index (κ2) is 9.00. The number of piperidine rings is 1. The first-order chi connectivity index (χ1) is 15.7. The monoisotopic (exact) mass is 457 g/mol. The number of carbonyl (C=O) groups is 1. The quantitative estimate of drug-likeness (QED) is 0.632. The number of alkyl halides is 3. The van der Waals surface area contributed by atoms with Crippen LogP contribution in [0.4, 0.5) is 19.1 Å². The van der Waals surface area contributed by atoms with Crippen LogP contribution in [-0.2, 0) is 6.18 Å². The van der Waals surface area contributed by atoms with Gasteiger partial charge in [-0.1, -0.05) is 18.6 Å². The fourth-order valence-electron chi connectivity index (χ4n) is 3.74. The minimum Gasteiger partial charge on any atom is -0.329 e. The Hall–Kier alpha value is -3.76. The van der Waals surface area contributed by atoms with Crippen molar-refractivity contribution in [3.63, 3.8) is 0 Å². The van der Waals surface area contributed by atoms with Gasteiger partial charge in [0.1, 0.15) is 5.69 Å². The molecule has 1 unspecified atom stereocenters. The number of allylic oxidation sites excluding steroid dienone is 1. The van der Waals surface area contributed by atoms with Gasteiger partial charge in [-0.2, -0.15) is 28.2 Å². The van der Waals surface area contributed by atoms with Crippen molar-refractivity contribution < 1.29 is 18.0 Å². The highest BCUT2D eigenvalue weighted by molar-refractivity contribution is 5.99. The van der Waals surface area contributed by atoms with Gasteiger partial charge in [0.05, 0.1) is 23.6 Å². The van der Waals surface area contributed by atoms with Crippen molar-refractivity contribution in [2.24, 2.45) is 5.92 Å². The van der Waals surface area contributed by atoms with E-state index in [2.05, 4.69) is 25.5 Å². The molecular weight excluding hydrogens is 435 g/mol. The highest BCUT2D eigenvalue weighted by Gasteiger charge is 2.33. The molecule has 1 saturated heterocycles. The Labute approximate surface area is 188 Å². The van der Waals surface area contributed by atoms with Crippen LogP contribution in [0.2, 0.25) is 0 Å². The smallest absolute Gasteiger partial charge is 0.329 e. The number of hydrogen-bond acceptors (Lipinski definition) is 6. The molecule has 0 aliphatic carbocycles. The number of likely N-dealkylation sites (tertiary alicyclic amines) is 1. The van der Waals surface area contributed by atoms with Crippen molar-refractivity contribution >= 4 is 11.9 Å². The molecule has 0 saturated carbocycles. The molecule has 1 aromatic carbocycles. The van der Waals surface area contributed by atoms with E-state index in [1.54, 1.807) is 17.0 Å². The molecule has 2 aromatic heterocycles. The summed E-state index contributed by atoms with van der Waals surface area (Å²) in [5, 5.41) is 11.0. The normalized spacial score (nSPS) is 17.9. The lowest BCUT2D eigenvalue weighted by Crippen LogP contribution is -2.38. The van der Waals surface area contributed by atoms with Crippen molar-refractivity contribution in [2.45, 2.75) is 32.9 Å². The molecule has 1 N–H and O–H groups in total. The molecule has 0 bridgehead atoms. The summed E-state index contributed by atoms with van der Waals surface area (Å²) in [6, 6.07) is 6.24. The number of carbonyl (C=O) groups excluding carboxylic acids is 1. The van der Waals surface area contributed by atoms with Gasteiger partial charge in [-0.05, 0) is 43.9 Å². The van der Waals surface area contributed by atoms with Gasteiger partial charge in [-0.25, -0.2) is 9.97 Å². The molecule has 8 nitrogen and oxygen atoms in total. The molecule has 0 radical (unpaired) electrons. The third kappa shape index (κ3) is 4.86. The zero-order valence-electron chi connectivity index (χ0n) is 18.0. The van der Waals surface area contributed by atoms with E-state index < -0.39 is 11.9 Å². The number of nitrogens with zero attached hydrogens (tertiary/aromatic N) is 6. The summed E-state index contributed by atoms with van der Waals surface area (Å²) in [6.07, 6.45) is 2.67. The molecule has 4 rings (SSSR count). The number of halogens is 3. The standard InChI is InChI=1S/C22H22F3N7O/c1-14-5-6-17(32-28-9-10-29-32)16(12-14)20(33)31-11-3-4-15(2)18(31)13-27-21-26-8-7-19(30-21)22(23,24)25/h5-10,12-13,15H,3-4,11H2,1-2H3,(H,26,27,30)/b18-13+. The number of rotatable bonds is 4. The second-order valence-electron chi connectivity index (χ2n) is 7.82. The van der Waals surface area contributed by atoms with Crippen molar-refractivity contribution in [1.82, 2.24) is 29.9 Å². The first kappa shape index (κ1) is 22.4. The Kier molecular flexibility index (Phi) is 6.12. The van der Waals surface area contributed by atoms with Gasteiger partial charge < -0.3 is 10.2 Å². The molecule has 33 heavy (non-hydrogen) atoms. The van der Waals surface area contributed by atoms with Crippen LogP contribution >= 0.6 is 0 Å². The Balaban J connectivity index is 1.66. The largest absolute Gasteiger partial charge is 0.433 e. The fraction of sp³-hybridized carbons (Fsp3) is 0.318. The average Bonchev–Trinajstić information content (AvgIpc) is 3.32. The summed E-state index contributed by atoms with van der Waals surface area (Å²) in [6.45, 7) is 4.32. The lowest BCUT2D eigenvalue weighted by Gasteiger charge is -2.34. The van der Waals surface area contributed by atoms with E-state index in [0.717, 1.165) is 30.7 Å². The van der Waals surface area contributed by atoms with Gasteiger partial charge in [-0.15, -0.1) is 0 Å². The van der Waals surface area contributed by atoms with E-state index in [9.17, 15) is 18.0 Å². The Morgan fingerprint density at radius 3 is 2.67 bits per heavy atom. The van der Waals surface area contributed by atoms with Gasteiger partial charge in [0, 0.05) is 24.6 Å². The van der Waals surface area contributed by atoms with Crippen molar-refractivity contribution in [3.05, 3.63) is 71.6 Å². The van der Waals surface area contributed by atoms with Gasteiger partial charge in [-0.3, -0.25) is 4.79 Å². The summed E-state index contributed by atoms with van der Waals surface area (Å²) in [4.78, 5) is 24.0. The van der Waals surface area contributed by atoms with E-state index in [1.165, 1.54) is 23.4 Å². The SMILES string of the molecule is Cc1ccc(-n2nccn2)c(C(=O)N2CCCC(C)/C2=C\Nc2nccc(C(F)(F)F)n2)c1. The molecule has 172 valence electrons. The van der Waals surface area contributed by atoms with E-state index >= 15 is 0 Å². The van der Waals surface area contributed by atoms with E-state index in [1.807, 2.05) is 19.9 Å². The Bertz CT molecular complexity index is 1170. The van der Waals surface area contributed by atoms with Crippen molar-refractivity contribution in [2.75, 3.05) is 11.9 Å². The topological polar surface area (TPSA) is 88.8 Å². The van der Waals surface area contributed by atoms with Crippen LogP contribution in [-0.4, -0.2) is 42.3 Å². The number of anilines is 1. The van der Waals surface area contributed by atoms with E-state index in [0.29, 0.717) is 23.5 Å². The highest BCUT2D eigenvalue weighted by Crippen LogP contribution is 2.30. The van der Waals surface area contributed by atoms with Crippen LogP contribution in [0.5, 0.6) is 0 Å². The molecule has 1 fully saturated rings. The molecule has 0 spiro atoms. The van der Waals surface area contributed by atoms with Crippen LogP contribution in [0.1, 0.15) is 41.4 Å². The third-order valence-corrected chi connectivity index (χ3v) is 5.39. The summed E-state index contributed by atoms with van der Waals surface area (Å²) in [5.41, 5.74) is 1.48. The third-order valence-electron chi connectivity index (χ3n) is 5.39. The summed E-state index contributed by atoms with van der Waals surface area (Å²) in [5.74, 6) is -0.438. The molecule has 1 aliphatic heterocycles. The number of amides is 1. The molecule has 1 atom stereocenters. The van der Waals surface area contributed by atoms with Crippen molar-refractivity contribution in [1.29, 1.82) is 0 Å². The predicted octanol–water partition coefficient (Wildman–Crippen LogP) is 4.21. The second-order valence-corrected chi connectivity index (χ2v) is 7.82. The number of benzene rings is 1. The maximum Gasteiger partial charge on any atom is 0.433 e. The lowest BCUT2D eigenvalue weighted by atomic mass is 9.95. The molecular formula is C22H22F3N7O. The van der Waals surface area contributed by atoms with Gasteiger partial charge in [0.15, 0.2) is 0 Å². The lowest BCUT2D eigenvalue weighted by molar-refractivity contribution is -0.141. The van der Waals surface area contributed by atoms with Crippen molar-refractivity contribution in [3.8, 4) is 5.69 Å². The number of hydrogen-bond donors (Lipinski definition) is 1. The van der Waals surface area contributed by atoms with Crippen LogP contribution in [0.25, 0.3) is 5.69 Å². The zero-order valence-corrected chi connectivity index (χ0v) is 18.0. The summed E-state index contributed by atoms with van der Waals surface area (Å²) in [7, 11) is 0. The summed E-state index contributed by atoms with van der Waals surface area (Å²) >= 11 is 0. The Morgan fingerprint density at radius 1 is 1.18 bits per heavy atom. The number of aromatic nitrogens is 5. The van der Waals surface area contributed by atoms with E-state index in [-0.39, 0.29) is 17.8 Å². The van der Waals surface area contributed by atoms with Gasteiger partial charge in [0.25, 0.3) is 5.91 Å². The van der Waals surface area contributed by atoms with Gasteiger partial charge in [0.2, 0.25) is 5.95 Å².